The third-order valence-corrected chi connectivity index (χ3v) is 13.0. The molecule has 0 spiro atoms. The topological polar surface area (TPSA) is 51.8 Å². The SMILES string of the molecule is c1ccc2cc(-c3nc(-c4cccc5sc6ccccc6c45)nc(-c4ccc(-c5cccc6sc7ccccc7c56)c5oc6ccccc6c45)n3)ccc2c1. The smallest absolute Gasteiger partial charge is 0.164 e. The van der Waals surface area contributed by atoms with Crippen LogP contribution in [0.2, 0.25) is 0 Å². The van der Waals surface area contributed by atoms with Gasteiger partial charge in [0.1, 0.15) is 11.2 Å². The van der Waals surface area contributed by atoms with E-state index in [2.05, 4.69) is 152 Å². The molecule has 0 fully saturated rings. The molecular formula is C49H27N3OS2. The number of para-hydroxylation sites is 1. The Balaban J connectivity index is 1.16. The van der Waals surface area contributed by atoms with E-state index in [1.165, 1.54) is 40.3 Å². The Kier molecular flexibility index (Phi) is 6.64. The number of furan rings is 1. The lowest BCUT2D eigenvalue weighted by atomic mass is 9.95. The predicted octanol–water partition coefficient (Wildman–Crippen LogP) is 14.3. The van der Waals surface area contributed by atoms with Crippen LogP contribution in [-0.4, -0.2) is 15.0 Å². The molecular weight excluding hydrogens is 711 g/mol. The van der Waals surface area contributed by atoms with Crippen LogP contribution < -0.4 is 0 Å². The molecule has 0 radical (unpaired) electrons. The van der Waals surface area contributed by atoms with Crippen molar-refractivity contribution < 1.29 is 4.42 Å². The monoisotopic (exact) mass is 737 g/mol. The van der Waals surface area contributed by atoms with Gasteiger partial charge < -0.3 is 4.42 Å². The number of aromatic nitrogens is 3. The molecule has 6 heteroatoms. The van der Waals surface area contributed by atoms with Gasteiger partial charge in [0.25, 0.3) is 0 Å². The quantitative estimate of drug-likeness (QED) is 0.180. The second-order valence-electron chi connectivity index (χ2n) is 13.9. The van der Waals surface area contributed by atoms with Gasteiger partial charge in [-0.3, -0.25) is 0 Å². The average Bonchev–Trinajstić information content (AvgIpc) is 3.95. The van der Waals surface area contributed by atoms with E-state index in [4.69, 9.17) is 19.4 Å². The van der Waals surface area contributed by atoms with Crippen molar-refractivity contribution in [2.24, 2.45) is 0 Å². The summed E-state index contributed by atoms with van der Waals surface area (Å²) in [6.45, 7) is 0. The van der Waals surface area contributed by atoms with Gasteiger partial charge in [0.05, 0.1) is 0 Å². The summed E-state index contributed by atoms with van der Waals surface area (Å²) >= 11 is 3.62. The maximum Gasteiger partial charge on any atom is 0.164 e. The van der Waals surface area contributed by atoms with Crippen LogP contribution in [0.25, 0.3) is 118 Å². The first-order chi connectivity index (χ1) is 27.2. The molecule has 8 aromatic carbocycles. The summed E-state index contributed by atoms with van der Waals surface area (Å²) in [7, 11) is 0. The lowest BCUT2D eigenvalue weighted by Gasteiger charge is -2.12. The first-order valence-corrected chi connectivity index (χ1v) is 19.9. The lowest BCUT2D eigenvalue weighted by molar-refractivity contribution is 0.670. The Hall–Kier alpha value is -6.73. The number of thiophene rings is 2. The maximum atomic E-state index is 6.84. The molecule has 0 saturated carbocycles. The Morgan fingerprint density at radius 2 is 0.909 bits per heavy atom. The van der Waals surface area contributed by atoms with Crippen molar-refractivity contribution >= 4 is 95.7 Å². The number of benzene rings is 8. The van der Waals surface area contributed by atoms with Gasteiger partial charge in [0.15, 0.2) is 17.5 Å². The molecule has 0 saturated heterocycles. The van der Waals surface area contributed by atoms with Crippen LogP contribution in [-0.2, 0) is 0 Å². The second-order valence-corrected chi connectivity index (χ2v) is 16.1. The minimum atomic E-state index is 0.604. The largest absolute Gasteiger partial charge is 0.455 e. The maximum absolute atomic E-state index is 6.84. The molecule has 55 heavy (non-hydrogen) atoms. The van der Waals surface area contributed by atoms with E-state index in [-0.39, 0.29) is 0 Å². The first-order valence-electron chi connectivity index (χ1n) is 18.3. The molecule has 0 aliphatic rings. The van der Waals surface area contributed by atoms with Crippen molar-refractivity contribution in [3.8, 4) is 45.3 Å². The highest BCUT2D eigenvalue weighted by Gasteiger charge is 2.23. The summed E-state index contributed by atoms with van der Waals surface area (Å²) in [5, 5.41) is 9.19. The van der Waals surface area contributed by atoms with Crippen molar-refractivity contribution in [3.05, 3.63) is 164 Å². The molecule has 0 aliphatic carbocycles. The predicted molar refractivity (Wildman–Crippen MR) is 232 cm³/mol. The van der Waals surface area contributed by atoms with E-state index in [0.717, 1.165) is 60.5 Å². The number of nitrogens with zero attached hydrogens (tertiary/aromatic N) is 3. The fourth-order valence-electron chi connectivity index (χ4n) is 8.26. The van der Waals surface area contributed by atoms with E-state index in [1.54, 1.807) is 11.3 Å². The van der Waals surface area contributed by atoms with Crippen LogP contribution >= 0.6 is 22.7 Å². The van der Waals surface area contributed by atoms with Crippen molar-refractivity contribution in [3.63, 3.8) is 0 Å². The Bertz CT molecular complexity index is 3520. The molecule has 0 bridgehead atoms. The molecule has 12 rings (SSSR count). The fourth-order valence-corrected chi connectivity index (χ4v) is 10.5. The summed E-state index contributed by atoms with van der Waals surface area (Å²) in [5.41, 5.74) is 6.67. The van der Waals surface area contributed by atoms with Crippen LogP contribution in [0, 0.1) is 0 Å². The molecule has 0 amide bonds. The van der Waals surface area contributed by atoms with Crippen molar-refractivity contribution in [1.82, 2.24) is 15.0 Å². The van der Waals surface area contributed by atoms with Gasteiger partial charge in [0.2, 0.25) is 0 Å². The van der Waals surface area contributed by atoms with Gasteiger partial charge in [0, 0.05) is 73.4 Å². The second kappa shape index (κ2) is 11.9. The number of fused-ring (bicyclic) bond motifs is 10. The number of rotatable bonds is 4. The highest BCUT2D eigenvalue weighted by atomic mass is 32.1. The van der Waals surface area contributed by atoms with Crippen molar-refractivity contribution in [1.29, 1.82) is 0 Å². The number of hydrogen-bond acceptors (Lipinski definition) is 6. The van der Waals surface area contributed by atoms with Gasteiger partial charge in [-0.2, -0.15) is 0 Å². The molecule has 12 aromatic rings. The molecule has 256 valence electrons. The zero-order valence-electron chi connectivity index (χ0n) is 29.2. The van der Waals surface area contributed by atoms with Crippen molar-refractivity contribution in [2.75, 3.05) is 0 Å². The lowest BCUT2D eigenvalue weighted by Crippen LogP contribution is -2.01. The third kappa shape index (κ3) is 4.72. The molecule has 0 aliphatic heterocycles. The normalized spacial score (nSPS) is 12.0. The molecule has 4 aromatic heterocycles. The molecule has 0 N–H and O–H groups in total. The molecule has 4 heterocycles. The highest BCUT2D eigenvalue weighted by Crippen LogP contribution is 2.46. The van der Waals surface area contributed by atoms with Crippen molar-refractivity contribution in [2.45, 2.75) is 0 Å². The molecule has 0 atom stereocenters. The van der Waals surface area contributed by atoms with E-state index in [1.807, 2.05) is 23.5 Å². The fraction of sp³-hybridized carbons (Fsp3) is 0. The minimum absolute atomic E-state index is 0.604. The van der Waals surface area contributed by atoms with Crippen LogP contribution in [0.3, 0.4) is 0 Å². The molecule has 4 nitrogen and oxygen atoms in total. The van der Waals surface area contributed by atoms with Crippen LogP contribution in [0.4, 0.5) is 0 Å². The van der Waals surface area contributed by atoms with E-state index < -0.39 is 0 Å². The standard InChI is InChI=1S/C49H27N3OS2/c1-2-12-29-27-30(24-23-28(29)11-1)47-50-48(36-17-10-22-42-44(36)35-15-5-8-20-40(35)55-42)52-49(51-47)37-26-25-32(46-45(37)33-13-3-6-18-38(33)53-46)31-16-9-21-41-43(31)34-14-4-7-19-39(34)54-41/h1-27H. The third-order valence-electron chi connectivity index (χ3n) is 10.7. The average molecular weight is 738 g/mol. The van der Waals surface area contributed by atoms with Gasteiger partial charge in [-0.15, -0.1) is 22.7 Å². The summed E-state index contributed by atoms with van der Waals surface area (Å²) in [5.74, 6) is 1.87. The van der Waals surface area contributed by atoms with Gasteiger partial charge in [-0.05, 0) is 64.9 Å². The zero-order valence-corrected chi connectivity index (χ0v) is 30.8. The summed E-state index contributed by atoms with van der Waals surface area (Å²) in [4.78, 5) is 15.9. The summed E-state index contributed by atoms with van der Waals surface area (Å²) < 4.78 is 11.8. The molecule has 0 unspecified atom stereocenters. The first kappa shape index (κ1) is 30.7. The van der Waals surface area contributed by atoms with Gasteiger partial charge >= 0.3 is 0 Å². The van der Waals surface area contributed by atoms with Crippen LogP contribution in [0.1, 0.15) is 0 Å². The van der Waals surface area contributed by atoms with Gasteiger partial charge in [-0.25, -0.2) is 15.0 Å². The Labute approximate surface area is 322 Å². The summed E-state index contributed by atoms with van der Waals surface area (Å²) in [6.07, 6.45) is 0. The van der Waals surface area contributed by atoms with Gasteiger partial charge in [-0.1, -0.05) is 115 Å². The van der Waals surface area contributed by atoms with Crippen LogP contribution in [0.5, 0.6) is 0 Å². The zero-order chi connectivity index (χ0) is 36.0. The minimum Gasteiger partial charge on any atom is -0.455 e. The van der Waals surface area contributed by atoms with E-state index >= 15 is 0 Å². The summed E-state index contributed by atoms with van der Waals surface area (Å²) in [6, 6.07) is 57.8. The van der Waals surface area contributed by atoms with E-state index in [9.17, 15) is 0 Å². The highest BCUT2D eigenvalue weighted by molar-refractivity contribution is 7.26. The Morgan fingerprint density at radius 3 is 1.65 bits per heavy atom. The Morgan fingerprint density at radius 1 is 0.364 bits per heavy atom. The number of hydrogen-bond donors (Lipinski definition) is 0. The van der Waals surface area contributed by atoms with Crippen LogP contribution in [0.15, 0.2) is 168 Å². The van der Waals surface area contributed by atoms with E-state index in [0.29, 0.717) is 17.5 Å².